The summed E-state index contributed by atoms with van der Waals surface area (Å²) >= 11 is 6.19. The van der Waals surface area contributed by atoms with E-state index in [1.54, 1.807) is 18.2 Å². The zero-order chi connectivity index (χ0) is 17.5. The number of amides is 1. The molecule has 6 heteroatoms. The predicted molar refractivity (Wildman–Crippen MR) is 94.6 cm³/mol. The highest BCUT2D eigenvalue weighted by atomic mass is 35.5. The van der Waals surface area contributed by atoms with Crippen LogP contribution in [0, 0.1) is 0 Å². The molecule has 2 N–H and O–H groups in total. The smallest absolute Gasteiger partial charge is 0.244 e. The number of methoxy groups -OCH3 is 1. The van der Waals surface area contributed by atoms with Crippen molar-refractivity contribution in [3.05, 3.63) is 28.8 Å². The van der Waals surface area contributed by atoms with E-state index in [2.05, 4.69) is 5.32 Å². The number of ether oxygens (including phenoxy) is 2. The quantitative estimate of drug-likeness (QED) is 0.771. The number of rotatable bonds is 6. The minimum atomic E-state index is -0.230. The number of carbonyl (C=O) groups excluding carboxylic acids is 1. The van der Waals surface area contributed by atoms with E-state index in [9.17, 15) is 9.90 Å². The summed E-state index contributed by atoms with van der Waals surface area (Å²) in [5, 5.41) is 12.9. The van der Waals surface area contributed by atoms with Crippen LogP contribution in [-0.2, 0) is 4.79 Å². The second kappa shape index (κ2) is 8.94. The van der Waals surface area contributed by atoms with Crippen LogP contribution in [0.1, 0.15) is 38.2 Å². The fourth-order valence-corrected chi connectivity index (χ4v) is 3.08. The molecule has 0 radical (unpaired) electrons. The Morgan fingerprint density at radius 2 is 2.08 bits per heavy atom. The van der Waals surface area contributed by atoms with Gasteiger partial charge in [-0.2, -0.15) is 0 Å². The van der Waals surface area contributed by atoms with Crippen molar-refractivity contribution in [2.45, 2.75) is 44.8 Å². The van der Waals surface area contributed by atoms with Gasteiger partial charge < -0.3 is 19.9 Å². The van der Waals surface area contributed by atoms with E-state index in [1.165, 1.54) is 13.2 Å². The molecular weight excluding hydrogens is 330 g/mol. The van der Waals surface area contributed by atoms with Gasteiger partial charge in [0, 0.05) is 12.1 Å². The molecule has 0 spiro atoms. The average Bonchev–Trinajstić information content (AvgIpc) is 2.55. The molecule has 1 saturated carbocycles. The Kier molecular flexibility index (Phi) is 6.94. The van der Waals surface area contributed by atoms with Crippen LogP contribution >= 0.6 is 11.6 Å². The van der Waals surface area contributed by atoms with Gasteiger partial charge in [-0.05, 0) is 56.4 Å². The third-order valence-corrected chi connectivity index (χ3v) is 4.29. The number of aliphatic hydroxyl groups excluding tert-OH is 1. The number of carbonyl (C=O) groups is 1. The van der Waals surface area contributed by atoms with Crippen LogP contribution in [0.5, 0.6) is 11.5 Å². The van der Waals surface area contributed by atoms with Gasteiger partial charge in [0.25, 0.3) is 0 Å². The number of hydrogen-bond donors (Lipinski definition) is 2. The Morgan fingerprint density at radius 1 is 1.38 bits per heavy atom. The van der Waals surface area contributed by atoms with Gasteiger partial charge in [0.05, 0.1) is 24.8 Å². The van der Waals surface area contributed by atoms with Gasteiger partial charge in [0.1, 0.15) is 0 Å². The second-order valence-corrected chi connectivity index (χ2v) is 6.22. The van der Waals surface area contributed by atoms with Crippen LogP contribution in [-0.4, -0.2) is 36.9 Å². The first-order chi connectivity index (χ1) is 11.5. The first-order valence-electron chi connectivity index (χ1n) is 8.20. The molecule has 1 aliphatic rings. The van der Waals surface area contributed by atoms with E-state index >= 15 is 0 Å². The van der Waals surface area contributed by atoms with Crippen molar-refractivity contribution in [2.24, 2.45) is 0 Å². The Morgan fingerprint density at radius 3 is 2.71 bits per heavy atom. The highest BCUT2D eigenvalue weighted by Gasteiger charge is 2.20. The Balaban J connectivity index is 2.01. The summed E-state index contributed by atoms with van der Waals surface area (Å²) in [5.74, 6) is 0.885. The third-order valence-electron chi connectivity index (χ3n) is 4.01. The topological polar surface area (TPSA) is 67.8 Å². The monoisotopic (exact) mass is 353 g/mol. The summed E-state index contributed by atoms with van der Waals surface area (Å²) in [6, 6.07) is 3.64. The van der Waals surface area contributed by atoms with Crippen molar-refractivity contribution in [2.75, 3.05) is 13.7 Å². The second-order valence-electron chi connectivity index (χ2n) is 5.81. The van der Waals surface area contributed by atoms with Crippen LogP contribution in [0.3, 0.4) is 0 Å². The van der Waals surface area contributed by atoms with Crippen LogP contribution in [0.4, 0.5) is 0 Å². The van der Waals surface area contributed by atoms with Gasteiger partial charge in [-0.3, -0.25) is 4.79 Å². The summed E-state index contributed by atoms with van der Waals surface area (Å²) in [5.41, 5.74) is 0.762. The van der Waals surface area contributed by atoms with E-state index in [0.29, 0.717) is 23.1 Å². The van der Waals surface area contributed by atoms with Crippen LogP contribution in [0.25, 0.3) is 6.08 Å². The maximum atomic E-state index is 12.0. The lowest BCUT2D eigenvalue weighted by Crippen LogP contribution is -2.37. The number of halogens is 1. The lowest BCUT2D eigenvalue weighted by Gasteiger charge is -2.25. The Labute approximate surface area is 147 Å². The summed E-state index contributed by atoms with van der Waals surface area (Å²) in [4.78, 5) is 12.0. The molecule has 1 amide bonds. The highest BCUT2D eigenvalue weighted by molar-refractivity contribution is 6.32. The predicted octanol–water partition coefficient (Wildman–Crippen LogP) is 3.18. The molecule has 1 aromatic rings. The van der Waals surface area contributed by atoms with Crippen molar-refractivity contribution in [3.63, 3.8) is 0 Å². The van der Waals surface area contributed by atoms with Crippen molar-refractivity contribution < 1.29 is 19.4 Å². The zero-order valence-electron chi connectivity index (χ0n) is 14.0. The molecule has 5 nitrogen and oxygen atoms in total. The molecule has 0 bridgehead atoms. The molecule has 0 saturated heterocycles. The molecular formula is C18H24ClNO4. The lowest BCUT2D eigenvalue weighted by atomic mass is 9.93. The van der Waals surface area contributed by atoms with Gasteiger partial charge in [0.2, 0.25) is 5.91 Å². The van der Waals surface area contributed by atoms with Crippen LogP contribution in [0.2, 0.25) is 5.02 Å². The number of nitrogens with one attached hydrogen (secondary N) is 1. The SMILES string of the molecule is CCOc1cc(C=CC(=O)NC2CCC(O)CC2)cc(Cl)c1OC. The van der Waals surface area contributed by atoms with Gasteiger partial charge >= 0.3 is 0 Å². The molecule has 0 aromatic heterocycles. The minimum Gasteiger partial charge on any atom is -0.491 e. The molecule has 0 unspecified atom stereocenters. The Hall–Kier alpha value is -1.72. The first-order valence-corrected chi connectivity index (χ1v) is 8.58. The van der Waals surface area contributed by atoms with E-state index in [4.69, 9.17) is 21.1 Å². The van der Waals surface area contributed by atoms with E-state index < -0.39 is 0 Å². The molecule has 1 aliphatic carbocycles. The summed E-state index contributed by atoms with van der Waals surface area (Å²) in [7, 11) is 1.54. The van der Waals surface area contributed by atoms with Crippen LogP contribution < -0.4 is 14.8 Å². The molecule has 0 atom stereocenters. The van der Waals surface area contributed by atoms with E-state index in [0.717, 1.165) is 31.2 Å². The highest BCUT2D eigenvalue weighted by Crippen LogP contribution is 2.36. The normalized spacial score (nSPS) is 20.8. The fraction of sp³-hybridized carbons (Fsp3) is 0.500. The molecule has 0 aliphatic heterocycles. The first kappa shape index (κ1) is 18.6. The van der Waals surface area contributed by atoms with E-state index in [-0.39, 0.29) is 18.1 Å². The molecule has 132 valence electrons. The van der Waals surface area contributed by atoms with Gasteiger partial charge in [-0.25, -0.2) is 0 Å². The van der Waals surface area contributed by atoms with E-state index in [1.807, 2.05) is 6.92 Å². The van der Waals surface area contributed by atoms with Crippen molar-refractivity contribution in [1.29, 1.82) is 0 Å². The molecule has 1 fully saturated rings. The van der Waals surface area contributed by atoms with Gasteiger partial charge in [-0.1, -0.05) is 11.6 Å². The number of hydrogen-bond acceptors (Lipinski definition) is 4. The average molecular weight is 354 g/mol. The van der Waals surface area contributed by atoms with Crippen molar-refractivity contribution >= 4 is 23.6 Å². The number of aliphatic hydroxyl groups is 1. The molecule has 24 heavy (non-hydrogen) atoms. The third kappa shape index (κ3) is 5.14. The van der Waals surface area contributed by atoms with Crippen molar-refractivity contribution in [3.8, 4) is 11.5 Å². The number of benzene rings is 1. The summed E-state index contributed by atoms with van der Waals surface area (Å²) < 4.78 is 10.8. The standard InChI is InChI=1S/C18H24ClNO4/c1-3-24-16-11-12(10-15(19)18(16)23-2)4-9-17(22)20-13-5-7-14(21)8-6-13/h4,9-11,13-14,21H,3,5-8H2,1-2H3,(H,20,22). The maximum Gasteiger partial charge on any atom is 0.244 e. The molecule has 0 heterocycles. The summed E-state index contributed by atoms with van der Waals surface area (Å²) in [6.07, 6.45) is 6.04. The van der Waals surface area contributed by atoms with Crippen LogP contribution in [0.15, 0.2) is 18.2 Å². The fourth-order valence-electron chi connectivity index (χ4n) is 2.79. The van der Waals surface area contributed by atoms with Gasteiger partial charge in [-0.15, -0.1) is 0 Å². The summed E-state index contributed by atoms with van der Waals surface area (Å²) in [6.45, 7) is 2.37. The van der Waals surface area contributed by atoms with Crippen molar-refractivity contribution in [1.82, 2.24) is 5.32 Å². The Bertz CT molecular complexity index is 595. The molecule has 2 rings (SSSR count). The van der Waals surface area contributed by atoms with Gasteiger partial charge in [0.15, 0.2) is 11.5 Å². The molecule has 1 aromatic carbocycles. The largest absolute Gasteiger partial charge is 0.491 e. The minimum absolute atomic E-state index is 0.129. The lowest BCUT2D eigenvalue weighted by molar-refractivity contribution is -0.117. The maximum absolute atomic E-state index is 12.0. The zero-order valence-corrected chi connectivity index (χ0v) is 14.8.